The van der Waals surface area contributed by atoms with E-state index < -0.39 is 6.04 Å². The van der Waals surface area contributed by atoms with Gasteiger partial charge in [-0.1, -0.05) is 18.2 Å². The van der Waals surface area contributed by atoms with Crippen LogP contribution in [0.5, 0.6) is 11.5 Å². The Labute approximate surface area is 186 Å². The number of nitrogens with zero attached hydrogens (tertiary/aromatic N) is 1. The Bertz CT molecular complexity index is 1030. The molecule has 0 saturated carbocycles. The zero-order valence-corrected chi connectivity index (χ0v) is 18.0. The molecule has 0 saturated heterocycles. The summed E-state index contributed by atoms with van der Waals surface area (Å²) in [4.78, 5) is 28.7. The highest BCUT2D eigenvalue weighted by Crippen LogP contribution is 2.28. The van der Waals surface area contributed by atoms with Crippen LogP contribution in [0.15, 0.2) is 67.0 Å². The van der Waals surface area contributed by atoms with E-state index in [1.165, 1.54) is 0 Å². The lowest BCUT2D eigenvalue weighted by Gasteiger charge is -2.15. The molecule has 3 rings (SSSR count). The van der Waals surface area contributed by atoms with E-state index in [4.69, 9.17) is 15.2 Å². The minimum Gasteiger partial charge on any atom is -0.496 e. The average Bonchev–Trinajstić information content (AvgIpc) is 2.83. The molecule has 3 aromatic rings. The van der Waals surface area contributed by atoms with Crippen LogP contribution in [0.25, 0.3) is 0 Å². The summed E-state index contributed by atoms with van der Waals surface area (Å²) in [7, 11) is 3.13. The van der Waals surface area contributed by atoms with Crippen LogP contribution in [0.4, 0.5) is 5.69 Å². The first-order chi connectivity index (χ1) is 15.5. The van der Waals surface area contributed by atoms with E-state index in [0.717, 1.165) is 11.1 Å². The SMILES string of the molecule is COc1cccc(OC)c1CNC(=O)CC(N)c1ccc(C(=O)Nc2ccncc2)cc1. The highest BCUT2D eigenvalue weighted by Gasteiger charge is 2.15. The number of ether oxygens (including phenoxy) is 2. The molecule has 166 valence electrons. The number of hydrogen-bond acceptors (Lipinski definition) is 6. The number of amides is 2. The Morgan fingerprint density at radius 1 is 0.969 bits per heavy atom. The van der Waals surface area contributed by atoms with Gasteiger partial charge in [0.15, 0.2) is 0 Å². The first-order valence-corrected chi connectivity index (χ1v) is 10.0. The van der Waals surface area contributed by atoms with Crippen LogP contribution in [0, 0.1) is 0 Å². The Morgan fingerprint density at radius 3 is 2.19 bits per heavy atom. The van der Waals surface area contributed by atoms with Gasteiger partial charge in [-0.25, -0.2) is 0 Å². The topological polar surface area (TPSA) is 116 Å². The molecule has 2 aromatic carbocycles. The van der Waals surface area contributed by atoms with Gasteiger partial charge >= 0.3 is 0 Å². The summed E-state index contributed by atoms with van der Waals surface area (Å²) in [6.45, 7) is 0.257. The van der Waals surface area contributed by atoms with E-state index >= 15 is 0 Å². The second-order valence-electron chi connectivity index (χ2n) is 7.04. The van der Waals surface area contributed by atoms with Gasteiger partial charge in [0.25, 0.3) is 5.91 Å². The van der Waals surface area contributed by atoms with Crippen molar-refractivity contribution in [3.05, 3.63) is 83.7 Å². The number of nitrogens with two attached hydrogens (primary N) is 1. The lowest BCUT2D eigenvalue weighted by atomic mass is 10.0. The monoisotopic (exact) mass is 434 g/mol. The van der Waals surface area contributed by atoms with Crippen LogP contribution in [-0.2, 0) is 11.3 Å². The molecule has 0 radical (unpaired) electrons. The normalized spacial score (nSPS) is 11.3. The van der Waals surface area contributed by atoms with Gasteiger partial charge in [-0.05, 0) is 42.0 Å². The van der Waals surface area contributed by atoms with Gasteiger partial charge < -0.3 is 25.8 Å². The number of carbonyl (C=O) groups is 2. The Morgan fingerprint density at radius 2 is 1.59 bits per heavy atom. The van der Waals surface area contributed by atoms with E-state index in [1.54, 1.807) is 63.0 Å². The maximum absolute atomic E-state index is 12.4. The fourth-order valence-electron chi connectivity index (χ4n) is 3.20. The van der Waals surface area contributed by atoms with Gasteiger partial charge in [0.1, 0.15) is 11.5 Å². The van der Waals surface area contributed by atoms with Crippen molar-refractivity contribution in [3.8, 4) is 11.5 Å². The maximum Gasteiger partial charge on any atom is 0.255 e. The molecule has 0 aliphatic carbocycles. The van der Waals surface area contributed by atoms with E-state index in [2.05, 4.69) is 15.6 Å². The fraction of sp³-hybridized carbons (Fsp3) is 0.208. The van der Waals surface area contributed by atoms with Crippen molar-refractivity contribution in [2.24, 2.45) is 5.73 Å². The summed E-state index contributed by atoms with van der Waals surface area (Å²) in [5, 5.41) is 5.65. The molecule has 0 bridgehead atoms. The minimum absolute atomic E-state index is 0.0972. The summed E-state index contributed by atoms with van der Waals surface area (Å²) in [5.74, 6) is 0.828. The summed E-state index contributed by atoms with van der Waals surface area (Å²) in [6.07, 6.45) is 3.31. The number of anilines is 1. The molecule has 0 aliphatic rings. The summed E-state index contributed by atoms with van der Waals surface area (Å²) >= 11 is 0. The van der Waals surface area contributed by atoms with Crippen molar-refractivity contribution in [2.75, 3.05) is 19.5 Å². The van der Waals surface area contributed by atoms with Gasteiger partial charge in [-0.3, -0.25) is 14.6 Å². The van der Waals surface area contributed by atoms with Gasteiger partial charge in [-0.2, -0.15) is 0 Å². The molecule has 8 heteroatoms. The van der Waals surface area contributed by atoms with Crippen molar-refractivity contribution in [1.29, 1.82) is 0 Å². The summed E-state index contributed by atoms with van der Waals surface area (Å²) in [5.41, 5.74) is 8.87. The number of methoxy groups -OCH3 is 2. The first kappa shape index (κ1) is 22.8. The molecule has 1 atom stereocenters. The Hall–Kier alpha value is -3.91. The molecule has 0 spiro atoms. The van der Waals surface area contributed by atoms with Gasteiger partial charge in [0.05, 0.1) is 26.3 Å². The van der Waals surface area contributed by atoms with Crippen LogP contribution >= 0.6 is 0 Å². The molecule has 1 aromatic heterocycles. The molecule has 0 aliphatic heterocycles. The van der Waals surface area contributed by atoms with Crippen molar-refractivity contribution < 1.29 is 19.1 Å². The lowest BCUT2D eigenvalue weighted by Crippen LogP contribution is -2.27. The largest absolute Gasteiger partial charge is 0.496 e. The molecule has 0 fully saturated rings. The quantitative estimate of drug-likeness (QED) is 0.477. The van der Waals surface area contributed by atoms with Crippen LogP contribution < -0.4 is 25.8 Å². The summed E-state index contributed by atoms with van der Waals surface area (Å²) < 4.78 is 10.7. The molecular weight excluding hydrogens is 408 g/mol. The predicted octanol–water partition coefficient (Wildman–Crippen LogP) is 3.06. The molecule has 8 nitrogen and oxygen atoms in total. The third kappa shape index (κ3) is 5.83. The van der Waals surface area contributed by atoms with Gasteiger partial charge in [0, 0.05) is 36.1 Å². The maximum atomic E-state index is 12.4. The number of rotatable bonds is 9. The number of nitrogens with one attached hydrogen (secondary N) is 2. The average molecular weight is 434 g/mol. The lowest BCUT2D eigenvalue weighted by molar-refractivity contribution is -0.121. The van der Waals surface area contributed by atoms with Crippen LogP contribution in [0.1, 0.15) is 33.9 Å². The van der Waals surface area contributed by atoms with Gasteiger partial charge in [0.2, 0.25) is 5.91 Å². The Balaban J connectivity index is 1.56. The van der Waals surface area contributed by atoms with E-state index in [1.807, 2.05) is 18.2 Å². The number of benzene rings is 2. The third-order valence-electron chi connectivity index (χ3n) is 4.94. The molecule has 4 N–H and O–H groups in total. The molecule has 32 heavy (non-hydrogen) atoms. The summed E-state index contributed by atoms with van der Waals surface area (Å²) in [6, 6.07) is 15.2. The zero-order valence-electron chi connectivity index (χ0n) is 18.0. The zero-order chi connectivity index (χ0) is 22.9. The van der Waals surface area contributed by atoms with Crippen molar-refractivity contribution in [1.82, 2.24) is 10.3 Å². The first-order valence-electron chi connectivity index (χ1n) is 10.0. The van der Waals surface area contributed by atoms with Gasteiger partial charge in [-0.15, -0.1) is 0 Å². The highest BCUT2D eigenvalue weighted by molar-refractivity contribution is 6.04. The van der Waals surface area contributed by atoms with Crippen molar-refractivity contribution in [3.63, 3.8) is 0 Å². The molecule has 1 unspecified atom stereocenters. The predicted molar refractivity (Wildman–Crippen MR) is 122 cm³/mol. The Kier molecular flexibility index (Phi) is 7.77. The highest BCUT2D eigenvalue weighted by atomic mass is 16.5. The second-order valence-corrected chi connectivity index (χ2v) is 7.04. The minimum atomic E-state index is -0.508. The van der Waals surface area contributed by atoms with Crippen molar-refractivity contribution >= 4 is 17.5 Å². The molecule has 1 heterocycles. The number of carbonyl (C=O) groups excluding carboxylic acids is 2. The van der Waals surface area contributed by atoms with Crippen LogP contribution in [-0.4, -0.2) is 31.0 Å². The number of aromatic nitrogens is 1. The second kappa shape index (κ2) is 10.9. The number of pyridine rings is 1. The number of hydrogen-bond donors (Lipinski definition) is 3. The van der Waals surface area contributed by atoms with Crippen LogP contribution in [0.3, 0.4) is 0 Å². The smallest absolute Gasteiger partial charge is 0.255 e. The van der Waals surface area contributed by atoms with E-state index in [0.29, 0.717) is 22.7 Å². The van der Waals surface area contributed by atoms with E-state index in [9.17, 15) is 9.59 Å². The van der Waals surface area contributed by atoms with Crippen LogP contribution in [0.2, 0.25) is 0 Å². The molecule has 2 amide bonds. The third-order valence-corrected chi connectivity index (χ3v) is 4.94. The fourth-order valence-corrected chi connectivity index (χ4v) is 3.20. The van der Waals surface area contributed by atoms with E-state index in [-0.39, 0.29) is 24.8 Å². The molecular formula is C24H26N4O4. The van der Waals surface area contributed by atoms with Crippen molar-refractivity contribution in [2.45, 2.75) is 19.0 Å². The standard InChI is InChI=1S/C24H26N4O4/c1-31-21-4-3-5-22(32-2)19(21)15-27-23(29)14-20(25)16-6-8-17(9-7-16)24(30)28-18-10-12-26-13-11-18/h3-13,20H,14-15,25H2,1-2H3,(H,27,29)(H,26,28,30).